The van der Waals surface area contributed by atoms with Gasteiger partial charge in [-0.25, -0.2) is 0 Å². The Morgan fingerprint density at radius 1 is 0.904 bits per heavy atom. The minimum Gasteiger partial charge on any atom is -0.496 e. The highest BCUT2D eigenvalue weighted by Gasteiger charge is 2.43. The van der Waals surface area contributed by atoms with Gasteiger partial charge in [0.2, 0.25) is 0 Å². The number of methoxy groups -OCH3 is 1. The average molecular weight is 698 g/mol. The van der Waals surface area contributed by atoms with Crippen LogP contribution in [0.15, 0.2) is 112 Å². The van der Waals surface area contributed by atoms with Gasteiger partial charge in [-0.3, -0.25) is 0 Å². The van der Waals surface area contributed by atoms with Crippen molar-refractivity contribution in [3.8, 4) is 17.9 Å². The van der Waals surface area contributed by atoms with Crippen molar-refractivity contribution in [2.24, 2.45) is 5.41 Å². The van der Waals surface area contributed by atoms with Crippen molar-refractivity contribution in [1.82, 2.24) is 0 Å². The third-order valence-corrected chi connectivity index (χ3v) is 10.3. The number of benzene rings is 2. The zero-order valence-electron chi connectivity index (χ0n) is 32.9. The Hall–Kier alpha value is -4.74. The van der Waals surface area contributed by atoms with Gasteiger partial charge in [0.25, 0.3) is 0 Å². The molecule has 0 saturated carbocycles. The SMILES string of the molecule is CCCCC1=C(/C=C/c2ccc(N(CCCC)CCCC)cc2OC)CC(C)(C)C/C1=C\C=C\C1=C(C#N)C(=C(\C)C#N)/OC1(C)c1ccccc1. The monoisotopic (exact) mass is 697 g/mol. The third kappa shape index (κ3) is 9.57. The Labute approximate surface area is 314 Å². The maximum atomic E-state index is 10.3. The van der Waals surface area contributed by atoms with E-state index in [0.29, 0.717) is 16.9 Å². The van der Waals surface area contributed by atoms with E-state index in [2.05, 4.69) is 94.2 Å². The fraction of sp³-hybridized carbons (Fsp3) is 0.447. The molecule has 0 radical (unpaired) electrons. The van der Waals surface area contributed by atoms with Crippen LogP contribution in [-0.4, -0.2) is 20.2 Å². The first kappa shape index (κ1) is 40.0. The maximum Gasteiger partial charge on any atom is 0.158 e. The fourth-order valence-corrected chi connectivity index (χ4v) is 7.37. The molecular weight excluding hydrogens is 639 g/mol. The standard InChI is InChI=1S/C47H59N3O2/c1-9-12-22-41-37(19-18-23-43-42(34-49)45(35(4)33-48)52-47(43,7)39-20-16-15-17-21-39)31-46(5,6)32-38(41)25-24-36-26-27-40(30-44(36)51-8)50(28-13-10-2)29-14-11-3/h15-21,23-27,30H,9-14,22,28-29,31-32H2,1-8H3/b23-18+,25-24+,37-19+,45-35-. The second-order valence-electron chi connectivity index (χ2n) is 15.1. The maximum absolute atomic E-state index is 10.3. The van der Waals surface area contributed by atoms with Gasteiger partial charge in [-0.2, -0.15) is 10.5 Å². The van der Waals surface area contributed by atoms with Crippen molar-refractivity contribution >= 4 is 11.8 Å². The number of ether oxygens (including phenoxy) is 2. The van der Waals surface area contributed by atoms with Crippen LogP contribution in [0.1, 0.15) is 117 Å². The second-order valence-corrected chi connectivity index (χ2v) is 15.1. The summed E-state index contributed by atoms with van der Waals surface area (Å²) in [6.07, 6.45) is 20.8. The Kier molecular flexibility index (Phi) is 14.4. The lowest BCUT2D eigenvalue weighted by atomic mass is 9.70. The van der Waals surface area contributed by atoms with Crippen LogP contribution in [-0.2, 0) is 10.3 Å². The van der Waals surface area contributed by atoms with E-state index in [1.807, 2.05) is 43.3 Å². The van der Waals surface area contributed by atoms with E-state index in [1.54, 1.807) is 14.0 Å². The number of rotatable bonds is 16. The van der Waals surface area contributed by atoms with E-state index < -0.39 is 5.60 Å². The summed E-state index contributed by atoms with van der Waals surface area (Å²) >= 11 is 0. The molecule has 1 aliphatic heterocycles. The zero-order valence-corrected chi connectivity index (χ0v) is 32.9. The Morgan fingerprint density at radius 3 is 2.21 bits per heavy atom. The van der Waals surface area contributed by atoms with Gasteiger partial charge in [0, 0.05) is 36.0 Å². The van der Waals surface area contributed by atoms with E-state index in [9.17, 15) is 10.5 Å². The predicted molar refractivity (Wildman–Crippen MR) is 217 cm³/mol. The Morgan fingerprint density at radius 2 is 1.60 bits per heavy atom. The molecule has 1 atom stereocenters. The molecule has 0 spiro atoms. The van der Waals surface area contributed by atoms with Crippen LogP contribution in [0.2, 0.25) is 0 Å². The quantitative estimate of drug-likeness (QED) is 0.163. The molecule has 274 valence electrons. The van der Waals surface area contributed by atoms with Crippen LogP contribution >= 0.6 is 0 Å². The predicted octanol–water partition coefficient (Wildman–Crippen LogP) is 12.5. The first-order valence-corrected chi connectivity index (χ1v) is 19.3. The molecule has 0 bridgehead atoms. The summed E-state index contributed by atoms with van der Waals surface area (Å²) in [4.78, 5) is 2.50. The van der Waals surface area contributed by atoms with Gasteiger partial charge in [0.1, 0.15) is 17.4 Å². The van der Waals surface area contributed by atoms with Crippen LogP contribution in [0.3, 0.4) is 0 Å². The lowest BCUT2D eigenvalue weighted by molar-refractivity contribution is 0.0750. The van der Waals surface area contributed by atoms with Crippen molar-refractivity contribution in [1.29, 1.82) is 10.5 Å². The summed E-state index contributed by atoms with van der Waals surface area (Å²) in [6.45, 7) is 17.3. The lowest BCUT2D eigenvalue weighted by Gasteiger charge is -2.34. The number of unbranched alkanes of at least 4 members (excludes halogenated alkanes) is 3. The van der Waals surface area contributed by atoms with Crippen molar-refractivity contribution in [3.63, 3.8) is 0 Å². The largest absolute Gasteiger partial charge is 0.496 e. The highest BCUT2D eigenvalue weighted by molar-refractivity contribution is 5.66. The second kappa shape index (κ2) is 18.7. The molecule has 52 heavy (non-hydrogen) atoms. The summed E-state index contributed by atoms with van der Waals surface area (Å²) < 4.78 is 12.4. The highest BCUT2D eigenvalue weighted by atomic mass is 16.5. The van der Waals surface area contributed by atoms with Gasteiger partial charge in [-0.05, 0) is 92.2 Å². The van der Waals surface area contributed by atoms with Gasteiger partial charge < -0.3 is 14.4 Å². The smallest absolute Gasteiger partial charge is 0.158 e. The molecule has 1 aliphatic carbocycles. The first-order chi connectivity index (χ1) is 25.0. The molecular formula is C47H59N3O2. The van der Waals surface area contributed by atoms with Gasteiger partial charge in [0.05, 0.1) is 18.8 Å². The third-order valence-electron chi connectivity index (χ3n) is 10.3. The molecule has 1 heterocycles. The lowest BCUT2D eigenvalue weighted by Crippen LogP contribution is -2.25. The summed E-state index contributed by atoms with van der Waals surface area (Å²) in [5, 5.41) is 20.0. The fourth-order valence-electron chi connectivity index (χ4n) is 7.37. The zero-order chi connectivity index (χ0) is 37.7. The molecule has 0 amide bonds. The Balaban J connectivity index is 1.76. The highest BCUT2D eigenvalue weighted by Crippen LogP contribution is 2.48. The van der Waals surface area contributed by atoms with Gasteiger partial charge in [0.15, 0.2) is 11.4 Å². The van der Waals surface area contributed by atoms with E-state index in [4.69, 9.17) is 9.47 Å². The van der Waals surface area contributed by atoms with Crippen LogP contribution in [0.5, 0.6) is 5.75 Å². The van der Waals surface area contributed by atoms with Crippen LogP contribution in [0, 0.1) is 28.1 Å². The molecule has 0 N–H and O–H groups in total. The van der Waals surface area contributed by atoms with E-state index in [1.165, 1.54) is 48.1 Å². The molecule has 2 aromatic rings. The number of hydrogen-bond acceptors (Lipinski definition) is 5. The first-order valence-electron chi connectivity index (χ1n) is 19.3. The van der Waals surface area contributed by atoms with Crippen LogP contribution in [0.4, 0.5) is 5.69 Å². The van der Waals surface area contributed by atoms with Crippen LogP contribution < -0.4 is 9.64 Å². The normalized spacial score (nSPS) is 20.4. The molecule has 4 rings (SSSR count). The molecule has 5 heteroatoms. The minimum absolute atomic E-state index is 0.0774. The molecule has 0 saturated heterocycles. The molecule has 0 aromatic heterocycles. The number of anilines is 1. The topological polar surface area (TPSA) is 69.3 Å². The van der Waals surface area contributed by atoms with E-state index in [0.717, 1.165) is 67.6 Å². The van der Waals surface area contributed by atoms with E-state index in [-0.39, 0.29) is 5.41 Å². The summed E-state index contributed by atoms with van der Waals surface area (Å²) in [6, 6.07) is 21.2. The minimum atomic E-state index is -0.896. The van der Waals surface area contributed by atoms with Crippen molar-refractivity contribution in [2.45, 2.75) is 112 Å². The summed E-state index contributed by atoms with van der Waals surface area (Å²) in [5.41, 5.74) is 8.10. The summed E-state index contributed by atoms with van der Waals surface area (Å²) in [7, 11) is 1.77. The number of allylic oxidation sites excluding steroid dienone is 8. The van der Waals surface area contributed by atoms with Crippen LogP contribution in [0.25, 0.3) is 6.08 Å². The summed E-state index contributed by atoms with van der Waals surface area (Å²) in [5.74, 6) is 1.26. The average Bonchev–Trinajstić information content (AvgIpc) is 3.45. The number of hydrogen-bond donors (Lipinski definition) is 0. The number of nitriles is 2. The molecule has 1 unspecified atom stereocenters. The van der Waals surface area contributed by atoms with Gasteiger partial charge in [-0.1, -0.05) is 115 Å². The van der Waals surface area contributed by atoms with E-state index >= 15 is 0 Å². The van der Waals surface area contributed by atoms with Gasteiger partial charge in [-0.15, -0.1) is 0 Å². The molecule has 5 nitrogen and oxygen atoms in total. The number of nitrogens with zero attached hydrogens (tertiary/aromatic N) is 3. The molecule has 2 aliphatic rings. The van der Waals surface area contributed by atoms with Crippen molar-refractivity contribution in [3.05, 3.63) is 123 Å². The van der Waals surface area contributed by atoms with Crippen molar-refractivity contribution in [2.75, 3.05) is 25.1 Å². The molecule has 2 aromatic carbocycles. The van der Waals surface area contributed by atoms with Gasteiger partial charge >= 0.3 is 0 Å². The van der Waals surface area contributed by atoms with Crippen molar-refractivity contribution < 1.29 is 9.47 Å². The Bertz CT molecular complexity index is 1820. The molecule has 0 fully saturated rings.